The molecule has 1 saturated heterocycles. The summed E-state index contributed by atoms with van der Waals surface area (Å²) in [7, 11) is 0. The van der Waals surface area contributed by atoms with E-state index in [0.29, 0.717) is 25.1 Å². The van der Waals surface area contributed by atoms with Gasteiger partial charge in [-0.15, -0.1) is 0 Å². The second-order valence-electron chi connectivity index (χ2n) is 6.43. The first-order valence-electron chi connectivity index (χ1n) is 8.86. The van der Waals surface area contributed by atoms with E-state index in [1.54, 1.807) is 17.0 Å². The van der Waals surface area contributed by atoms with Crippen LogP contribution in [0.2, 0.25) is 0 Å². The van der Waals surface area contributed by atoms with Gasteiger partial charge in [0.15, 0.2) is 0 Å². The maximum Gasteiger partial charge on any atom is 0.312 e. The smallest absolute Gasteiger partial charge is 0.312 e. The fourth-order valence-corrected chi connectivity index (χ4v) is 3.35. The molecule has 0 spiro atoms. The van der Waals surface area contributed by atoms with Crippen molar-refractivity contribution in [2.24, 2.45) is 0 Å². The van der Waals surface area contributed by atoms with Gasteiger partial charge in [0.2, 0.25) is 5.91 Å². The Balaban J connectivity index is 1.35. The van der Waals surface area contributed by atoms with Crippen LogP contribution in [0.25, 0.3) is 10.9 Å². The van der Waals surface area contributed by atoms with E-state index >= 15 is 0 Å². The molecule has 0 atom stereocenters. The van der Waals surface area contributed by atoms with Gasteiger partial charge in [-0.25, -0.2) is 0 Å². The number of anilines is 1. The van der Waals surface area contributed by atoms with E-state index in [2.05, 4.69) is 10.6 Å². The van der Waals surface area contributed by atoms with Crippen molar-refractivity contribution in [1.29, 1.82) is 0 Å². The third kappa shape index (κ3) is 3.33. The summed E-state index contributed by atoms with van der Waals surface area (Å²) < 4.78 is 7.47. The lowest BCUT2D eigenvalue weighted by Crippen LogP contribution is -2.23. The van der Waals surface area contributed by atoms with E-state index in [4.69, 9.17) is 4.74 Å². The Morgan fingerprint density at radius 3 is 2.62 bits per heavy atom. The van der Waals surface area contributed by atoms with Gasteiger partial charge in [-0.2, -0.15) is 0 Å². The zero-order valence-corrected chi connectivity index (χ0v) is 14.4. The van der Waals surface area contributed by atoms with Crippen LogP contribution in [0.3, 0.4) is 0 Å². The highest BCUT2D eigenvalue weighted by molar-refractivity contribution is 5.95. The predicted molar refractivity (Wildman–Crippen MR) is 100 cm³/mol. The van der Waals surface area contributed by atoms with Gasteiger partial charge in [0.05, 0.1) is 6.42 Å². The van der Waals surface area contributed by atoms with Crippen LogP contribution in [0.1, 0.15) is 19.3 Å². The summed E-state index contributed by atoms with van der Waals surface area (Å²) in [5.41, 5.74) is 1.96. The number of rotatable bonds is 5. The number of para-hydroxylation sites is 1. The molecule has 26 heavy (non-hydrogen) atoms. The molecule has 0 N–H and O–H groups in total. The van der Waals surface area contributed by atoms with Crippen molar-refractivity contribution >= 4 is 28.5 Å². The van der Waals surface area contributed by atoms with Crippen LogP contribution in [-0.2, 0) is 16.1 Å². The average Bonchev–Trinajstić information content (AvgIpc) is 3.27. The van der Waals surface area contributed by atoms with E-state index in [-0.39, 0.29) is 11.9 Å². The summed E-state index contributed by atoms with van der Waals surface area (Å²) in [6, 6.07) is 17.3. The summed E-state index contributed by atoms with van der Waals surface area (Å²) in [4.78, 5) is 25.7. The van der Waals surface area contributed by atoms with Gasteiger partial charge < -0.3 is 14.2 Å². The second-order valence-corrected chi connectivity index (χ2v) is 6.43. The third-order valence-corrected chi connectivity index (χ3v) is 4.69. The summed E-state index contributed by atoms with van der Waals surface area (Å²) in [6.45, 7) is 1.33. The van der Waals surface area contributed by atoms with Crippen molar-refractivity contribution in [3.05, 3.63) is 60.8 Å². The van der Waals surface area contributed by atoms with Crippen molar-refractivity contribution in [3.8, 4) is 5.75 Å². The van der Waals surface area contributed by atoms with Crippen LogP contribution < -0.4 is 9.64 Å². The highest BCUT2D eigenvalue weighted by Crippen LogP contribution is 2.24. The van der Waals surface area contributed by atoms with Crippen molar-refractivity contribution in [3.63, 3.8) is 0 Å². The first-order valence-corrected chi connectivity index (χ1v) is 8.86. The van der Waals surface area contributed by atoms with Crippen LogP contribution in [0.4, 0.5) is 5.69 Å². The molecule has 132 valence electrons. The number of esters is 1. The van der Waals surface area contributed by atoms with E-state index < -0.39 is 0 Å². The lowest BCUT2D eigenvalue weighted by Gasteiger charge is -2.15. The molecule has 0 aliphatic carbocycles. The monoisotopic (exact) mass is 348 g/mol. The maximum atomic E-state index is 12.1. The molecule has 3 aromatic rings. The van der Waals surface area contributed by atoms with Crippen molar-refractivity contribution in [1.82, 2.24) is 4.57 Å². The van der Waals surface area contributed by atoms with Crippen molar-refractivity contribution in [2.45, 2.75) is 25.8 Å². The molecule has 5 nitrogen and oxygen atoms in total. The molecule has 1 amide bonds. The molecule has 2 aromatic carbocycles. The number of fused-ring (bicyclic) bond motifs is 1. The highest BCUT2D eigenvalue weighted by Gasteiger charge is 2.21. The fourth-order valence-electron chi connectivity index (χ4n) is 3.35. The molecule has 4 rings (SSSR count). The van der Waals surface area contributed by atoms with Gasteiger partial charge in [0, 0.05) is 36.9 Å². The predicted octanol–water partition coefficient (Wildman–Crippen LogP) is 3.76. The van der Waals surface area contributed by atoms with Crippen LogP contribution in [0.15, 0.2) is 60.8 Å². The number of hydrogen-bond acceptors (Lipinski definition) is 3. The Morgan fingerprint density at radius 2 is 1.85 bits per heavy atom. The number of benzene rings is 2. The van der Waals surface area contributed by atoms with Crippen LogP contribution in [-0.4, -0.2) is 23.0 Å². The van der Waals surface area contributed by atoms with Gasteiger partial charge in [0.25, 0.3) is 0 Å². The topological polar surface area (TPSA) is 51.5 Å². The van der Waals surface area contributed by atoms with Crippen molar-refractivity contribution < 1.29 is 14.3 Å². The molecule has 2 heterocycles. The summed E-state index contributed by atoms with van der Waals surface area (Å²) in [5, 5.41) is 1.16. The molecule has 0 unspecified atom stereocenters. The molecule has 1 fully saturated rings. The number of aryl methyl sites for hydroxylation is 1. The first-order chi connectivity index (χ1) is 12.7. The summed E-state index contributed by atoms with van der Waals surface area (Å²) in [6.07, 6.45) is 3.78. The SMILES string of the molecule is O=C(CCn1ccc2ccccc21)Oc1ccc(N2CCCC2=O)cc1. The van der Waals surface area contributed by atoms with Gasteiger partial charge in [-0.3, -0.25) is 9.59 Å². The lowest BCUT2D eigenvalue weighted by molar-refractivity contribution is -0.134. The molecule has 0 radical (unpaired) electrons. The Kier molecular flexibility index (Phi) is 4.44. The zero-order chi connectivity index (χ0) is 17.9. The number of hydrogen-bond donors (Lipinski definition) is 0. The van der Waals surface area contributed by atoms with Gasteiger partial charge >= 0.3 is 5.97 Å². The second kappa shape index (κ2) is 7.04. The number of carbonyl (C=O) groups excluding carboxylic acids is 2. The number of carbonyl (C=O) groups is 2. The highest BCUT2D eigenvalue weighted by atomic mass is 16.5. The molecular weight excluding hydrogens is 328 g/mol. The lowest BCUT2D eigenvalue weighted by atomic mass is 10.2. The standard InChI is InChI=1S/C21H20N2O3/c24-20-6-3-13-23(20)17-7-9-18(10-8-17)26-21(25)12-15-22-14-11-16-4-1-2-5-19(16)22/h1-2,4-5,7-11,14H,3,6,12-13,15H2. The molecule has 1 aliphatic heterocycles. The maximum absolute atomic E-state index is 12.1. The van der Waals surface area contributed by atoms with E-state index in [9.17, 15) is 9.59 Å². The Bertz CT molecular complexity index is 943. The largest absolute Gasteiger partial charge is 0.426 e. The fraction of sp³-hybridized carbons (Fsp3) is 0.238. The minimum Gasteiger partial charge on any atom is -0.426 e. The van der Waals surface area contributed by atoms with E-state index in [0.717, 1.165) is 29.6 Å². The van der Waals surface area contributed by atoms with Crippen molar-refractivity contribution in [2.75, 3.05) is 11.4 Å². The van der Waals surface area contributed by atoms with Gasteiger partial charge in [-0.1, -0.05) is 18.2 Å². The third-order valence-electron chi connectivity index (χ3n) is 4.69. The number of aromatic nitrogens is 1. The average molecular weight is 348 g/mol. The molecule has 0 bridgehead atoms. The summed E-state index contributed by atoms with van der Waals surface area (Å²) in [5.74, 6) is 0.379. The van der Waals surface area contributed by atoms with E-state index in [1.165, 1.54) is 0 Å². The number of amides is 1. The van der Waals surface area contributed by atoms with Crippen LogP contribution >= 0.6 is 0 Å². The minimum atomic E-state index is -0.271. The minimum absolute atomic E-state index is 0.147. The molecular formula is C21H20N2O3. The Labute approximate surface area is 151 Å². The Hall–Kier alpha value is -3.08. The zero-order valence-electron chi connectivity index (χ0n) is 14.4. The first kappa shape index (κ1) is 16.4. The summed E-state index contributed by atoms with van der Waals surface area (Å²) >= 11 is 0. The number of ether oxygens (including phenoxy) is 1. The molecule has 1 aliphatic rings. The quantitative estimate of drug-likeness (QED) is 0.521. The Morgan fingerprint density at radius 1 is 1.04 bits per heavy atom. The molecule has 5 heteroatoms. The molecule has 1 aromatic heterocycles. The number of nitrogens with zero attached hydrogens (tertiary/aromatic N) is 2. The van der Waals surface area contributed by atoms with E-state index in [1.807, 2.05) is 42.6 Å². The molecule has 0 saturated carbocycles. The normalized spacial score (nSPS) is 14.2. The van der Waals surface area contributed by atoms with Gasteiger partial charge in [0.1, 0.15) is 5.75 Å². The van der Waals surface area contributed by atoms with Crippen LogP contribution in [0, 0.1) is 0 Å². The van der Waals surface area contributed by atoms with Crippen LogP contribution in [0.5, 0.6) is 5.75 Å². The van der Waals surface area contributed by atoms with Gasteiger partial charge in [-0.05, 0) is 48.2 Å².